The van der Waals surface area contributed by atoms with Gasteiger partial charge in [-0.1, -0.05) is 34.1 Å². The standard InChI is InChI=1S/C17H33N/c1-5-18-16(8-9-17(2,3)4)12-15-11-13-6-7-14(15)10-13/h13-16,18H,5-12H2,1-4H3. The molecule has 0 amide bonds. The molecule has 4 unspecified atom stereocenters. The lowest BCUT2D eigenvalue weighted by Crippen LogP contribution is -2.33. The Balaban J connectivity index is 1.79. The molecule has 0 heterocycles. The Morgan fingerprint density at radius 3 is 2.44 bits per heavy atom. The van der Waals surface area contributed by atoms with Crippen LogP contribution >= 0.6 is 0 Å². The van der Waals surface area contributed by atoms with E-state index in [1.807, 2.05) is 0 Å². The molecule has 2 bridgehead atoms. The van der Waals surface area contributed by atoms with Gasteiger partial charge in [0.15, 0.2) is 0 Å². The zero-order chi connectivity index (χ0) is 13.2. The Kier molecular flexibility index (Phi) is 4.75. The van der Waals surface area contributed by atoms with Gasteiger partial charge in [-0.25, -0.2) is 0 Å². The minimum Gasteiger partial charge on any atom is -0.314 e. The van der Waals surface area contributed by atoms with Crippen LogP contribution in [0.4, 0.5) is 0 Å². The summed E-state index contributed by atoms with van der Waals surface area (Å²) in [6, 6.07) is 0.776. The average Bonchev–Trinajstić information content (AvgIpc) is 2.87. The molecule has 1 nitrogen and oxygen atoms in total. The first-order valence-electron chi connectivity index (χ1n) is 8.21. The van der Waals surface area contributed by atoms with Gasteiger partial charge in [-0.2, -0.15) is 0 Å². The SMILES string of the molecule is CCNC(CCC(C)(C)C)CC1CC2CCC1C2. The molecule has 0 spiro atoms. The Hall–Kier alpha value is -0.0400. The maximum absolute atomic E-state index is 3.74. The topological polar surface area (TPSA) is 12.0 Å². The van der Waals surface area contributed by atoms with Crippen LogP contribution in [-0.2, 0) is 0 Å². The minimum atomic E-state index is 0.488. The fraction of sp³-hybridized carbons (Fsp3) is 1.00. The fourth-order valence-electron chi connectivity index (χ4n) is 4.23. The largest absolute Gasteiger partial charge is 0.314 e. The van der Waals surface area contributed by atoms with Crippen molar-refractivity contribution in [1.29, 1.82) is 0 Å². The number of rotatable bonds is 6. The zero-order valence-electron chi connectivity index (χ0n) is 13.0. The van der Waals surface area contributed by atoms with E-state index in [1.165, 1.54) is 32.1 Å². The Morgan fingerprint density at radius 2 is 1.94 bits per heavy atom. The van der Waals surface area contributed by atoms with Gasteiger partial charge < -0.3 is 5.32 Å². The third kappa shape index (κ3) is 3.98. The molecule has 1 heteroatoms. The third-order valence-electron chi connectivity index (χ3n) is 5.21. The summed E-state index contributed by atoms with van der Waals surface area (Å²) in [5, 5.41) is 3.74. The molecule has 2 rings (SSSR count). The van der Waals surface area contributed by atoms with E-state index in [1.54, 1.807) is 12.8 Å². The van der Waals surface area contributed by atoms with Gasteiger partial charge in [0, 0.05) is 6.04 Å². The summed E-state index contributed by atoms with van der Waals surface area (Å²) in [5.74, 6) is 3.24. The molecule has 2 aliphatic rings. The molecule has 2 fully saturated rings. The first-order valence-corrected chi connectivity index (χ1v) is 8.21. The van der Waals surface area contributed by atoms with E-state index in [-0.39, 0.29) is 0 Å². The molecule has 4 atom stereocenters. The van der Waals surface area contributed by atoms with Crippen molar-refractivity contribution in [2.45, 2.75) is 78.7 Å². The van der Waals surface area contributed by atoms with Crippen molar-refractivity contribution >= 4 is 0 Å². The monoisotopic (exact) mass is 251 g/mol. The molecule has 0 aromatic carbocycles. The second-order valence-electron chi connectivity index (χ2n) is 8.02. The second kappa shape index (κ2) is 5.94. The maximum Gasteiger partial charge on any atom is 0.00698 e. The van der Waals surface area contributed by atoms with Gasteiger partial charge in [0.05, 0.1) is 0 Å². The average molecular weight is 251 g/mol. The summed E-state index contributed by atoms with van der Waals surface area (Å²) in [5.41, 5.74) is 0.488. The molecule has 0 aromatic heterocycles. The van der Waals surface area contributed by atoms with Crippen LogP contribution in [0.2, 0.25) is 0 Å². The van der Waals surface area contributed by atoms with Crippen molar-refractivity contribution in [3.63, 3.8) is 0 Å². The Bertz CT molecular complexity index is 253. The summed E-state index contributed by atoms with van der Waals surface area (Å²) in [6.07, 6.45) is 10.3. The maximum atomic E-state index is 3.74. The van der Waals surface area contributed by atoms with Crippen molar-refractivity contribution < 1.29 is 0 Å². The Labute approximate surface area is 114 Å². The fourth-order valence-corrected chi connectivity index (χ4v) is 4.23. The van der Waals surface area contributed by atoms with Crippen molar-refractivity contribution in [1.82, 2.24) is 5.32 Å². The van der Waals surface area contributed by atoms with Gasteiger partial charge in [0.25, 0.3) is 0 Å². The predicted octanol–water partition coefficient (Wildman–Crippen LogP) is 4.62. The minimum absolute atomic E-state index is 0.488. The van der Waals surface area contributed by atoms with Crippen molar-refractivity contribution in [2.24, 2.45) is 23.2 Å². The van der Waals surface area contributed by atoms with E-state index in [0.717, 1.165) is 30.3 Å². The summed E-state index contributed by atoms with van der Waals surface area (Å²) in [4.78, 5) is 0. The molecule has 1 N–H and O–H groups in total. The molecule has 0 aromatic rings. The smallest absolute Gasteiger partial charge is 0.00698 e. The molecule has 0 aliphatic heterocycles. The van der Waals surface area contributed by atoms with Crippen LogP contribution in [0, 0.1) is 23.2 Å². The first-order chi connectivity index (χ1) is 8.48. The van der Waals surface area contributed by atoms with Crippen molar-refractivity contribution in [3.05, 3.63) is 0 Å². The van der Waals surface area contributed by atoms with Crippen LogP contribution in [0.5, 0.6) is 0 Å². The second-order valence-corrected chi connectivity index (χ2v) is 8.02. The highest BCUT2D eigenvalue weighted by atomic mass is 14.9. The predicted molar refractivity (Wildman–Crippen MR) is 79.7 cm³/mol. The van der Waals surface area contributed by atoms with Crippen molar-refractivity contribution in [2.75, 3.05) is 6.54 Å². The molecule has 18 heavy (non-hydrogen) atoms. The molecule has 106 valence electrons. The van der Waals surface area contributed by atoms with E-state index in [2.05, 4.69) is 33.0 Å². The molecular weight excluding hydrogens is 218 g/mol. The lowest BCUT2D eigenvalue weighted by molar-refractivity contribution is 0.253. The highest BCUT2D eigenvalue weighted by Crippen LogP contribution is 2.50. The number of nitrogens with one attached hydrogen (secondary N) is 1. The van der Waals surface area contributed by atoms with Gasteiger partial charge in [-0.05, 0) is 68.2 Å². The van der Waals surface area contributed by atoms with Gasteiger partial charge in [-0.3, -0.25) is 0 Å². The van der Waals surface area contributed by atoms with Crippen molar-refractivity contribution in [3.8, 4) is 0 Å². The Morgan fingerprint density at radius 1 is 1.17 bits per heavy atom. The zero-order valence-corrected chi connectivity index (χ0v) is 13.0. The van der Waals surface area contributed by atoms with E-state index in [0.29, 0.717) is 5.41 Å². The lowest BCUT2D eigenvalue weighted by Gasteiger charge is -2.29. The molecule has 2 aliphatic carbocycles. The molecule has 0 radical (unpaired) electrons. The van der Waals surface area contributed by atoms with E-state index >= 15 is 0 Å². The normalized spacial score (nSPS) is 33.0. The summed E-state index contributed by atoms with van der Waals surface area (Å²) in [7, 11) is 0. The summed E-state index contributed by atoms with van der Waals surface area (Å²) in [6.45, 7) is 10.5. The molecule has 0 saturated heterocycles. The quantitative estimate of drug-likeness (QED) is 0.726. The summed E-state index contributed by atoms with van der Waals surface area (Å²) >= 11 is 0. The lowest BCUT2D eigenvalue weighted by atomic mass is 9.81. The third-order valence-corrected chi connectivity index (χ3v) is 5.21. The van der Waals surface area contributed by atoms with Gasteiger partial charge in [0.1, 0.15) is 0 Å². The highest BCUT2D eigenvalue weighted by molar-refractivity contribution is 4.91. The van der Waals surface area contributed by atoms with Crippen LogP contribution < -0.4 is 5.32 Å². The number of hydrogen-bond donors (Lipinski definition) is 1. The van der Waals surface area contributed by atoms with E-state index < -0.39 is 0 Å². The highest BCUT2D eigenvalue weighted by Gasteiger charge is 2.39. The van der Waals surface area contributed by atoms with Gasteiger partial charge in [0.2, 0.25) is 0 Å². The summed E-state index contributed by atoms with van der Waals surface area (Å²) < 4.78 is 0. The van der Waals surface area contributed by atoms with Gasteiger partial charge in [-0.15, -0.1) is 0 Å². The van der Waals surface area contributed by atoms with E-state index in [4.69, 9.17) is 0 Å². The van der Waals surface area contributed by atoms with Gasteiger partial charge >= 0.3 is 0 Å². The van der Waals surface area contributed by atoms with Crippen LogP contribution in [0.15, 0.2) is 0 Å². The van der Waals surface area contributed by atoms with Crippen LogP contribution in [0.3, 0.4) is 0 Å². The van der Waals surface area contributed by atoms with Crippen LogP contribution in [0.1, 0.15) is 72.6 Å². The molecule has 2 saturated carbocycles. The van der Waals surface area contributed by atoms with Crippen LogP contribution in [-0.4, -0.2) is 12.6 Å². The van der Waals surface area contributed by atoms with Crippen LogP contribution in [0.25, 0.3) is 0 Å². The molecular formula is C17H33N. The number of hydrogen-bond acceptors (Lipinski definition) is 1. The first kappa shape index (κ1) is 14.4. The number of fused-ring (bicyclic) bond motifs is 2. The van der Waals surface area contributed by atoms with E-state index in [9.17, 15) is 0 Å².